The van der Waals surface area contributed by atoms with Gasteiger partial charge in [0.15, 0.2) is 0 Å². The van der Waals surface area contributed by atoms with Crippen LogP contribution in [0.5, 0.6) is 0 Å². The van der Waals surface area contributed by atoms with Gasteiger partial charge in [-0.05, 0) is 29.8 Å². The smallest absolute Gasteiger partial charge is 0.246 e. The Bertz CT molecular complexity index is 993. The average Bonchev–Trinajstić information content (AvgIpc) is 3.00. The first kappa shape index (κ1) is 15.9. The Morgan fingerprint density at radius 2 is 2.08 bits per heavy atom. The number of amides is 1. The number of aromatic nitrogens is 1. The standard InChI is InChI=1S/C20H16ClFN2O/c21-16-11-13(5-7-17(16)22)6-8-20(25)24-10-9-19-15(12-24)14-3-1-2-4-18(14)23-19/h1-8,11,23H,9-10,12H2/b8-6+. The molecule has 0 saturated heterocycles. The van der Waals surface area contributed by atoms with E-state index < -0.39 is 5.82 Å². The Morgan fingerprint density at radius 3 is 2.92 bits per heavy atom. The highest BCUT2D eigenvalue weighted by atomic mass is 35.5. The quantitative estimate of drug-likeness (QED) is 0.673. The highest BCUT2D eigenvalue weighted by molar-refractivity contribution is 6.30. The van der Waals surface area contributed by atoms with Crippen molar-refractivity contribution in [2.45, 2.75) is 13.0 Å². The Labute approximate surface area is 149 Å². The number of hydrogen-bond acceptors (Lipinski definition) is 1. The zero-order valence-electron chi connectivity index (χ0n) is 13.4. The van der Waals surface area contributed by atoms with Crippen molar-refractivity contribution in [1.82, 2.24) is 9.88 Å². The van der Waals surface area contributed by atoms with Gasteiger partial charge < -0.3 is 9.88 Å². The van der Waals surface area contributed by atoms with E-state index >= 15 is 0 Å². The second-order valence-corrected chi connectivity index (χ2v) is 6.55. The van der Waals surface area contributed by atoms with E-state index in [9.17, 15) is 9.18 Å². The molecular weight excluding hydrogens is 339 g/mol. The SMILES string of the molecule is O=C(/C=C/c1ccc(F)c(Cl)c1)N1CCc2[nH]c3ccccc3c2C1. The van der Waals surface area contributed by atoms with E-state index in [4.69, 9.17) is 11.6 Å². The van der Waals surface area contributed by atoms with Crippen molar-refractivity contribution in [3.8, 4) is 0 Å². The van der Waals surface area contributed by atoms with Crippen molar-refractivity contribution in [3.05, 3.63) is 76.2 Å². The third kappa shape index (κ3) is 3.05. The second-order valence-electron chi connectivity index (χ2n) is 6.14. The number of benzene rings is 2. The zero-order valence-corrected chi connectivity index (χ0v) is 14.2. The van der Waals surface area contributed by atoms with Crippen molar-refractivity contribution in [1.29, 1.82) is 0 Å². The van der Waals surface area contributed by atoms with Gasteiger partial charge in [0.25, 0.3) is 0 Å². The van der Waals surface area contributed by atoms with Gasteiger partial charge >= 0.3 is 0 Å². The van der Waals surface area contributed by atoms with Gasteiger partial charge in [0.2, 0.25) is 5.91 Å². The first-order valence-electron chi connectivity index (χ1n) is 8.12. The van der Waals surface area contributed by atoms with E-state index in [2.05, 4.69) is 17.1 Å². The van der Waals surface area contributed by atoms with Gasteiger partial charge in [-0.2, -0.15) is 0 Å². The molecule has 0 bridgehead atoms. The number of nitrogens with zero attached hydrogens (tertiary/aromatic N) is 1. The molecule has 0 saturated carbocycles. The number of carbonyl (C=O) groups is 1. The summed E-state index contributed by atoms with van der Waals surface area (Å²) in [5, 5.41) is 1.22. The topological polar surface area (TPSA) is 36.1 Å². The van der Waals surface area contributed by atoms with E-state index in [1.807, 2.05) is 17.0 Å². The Balaban J connectivity index is 1.53. The van der Waals surface area contributed by atoms with Crippen molar-refractivity contribution >= 4 is 34.5 Å². The molecule has 3 aromatic rings. The summed E-state index contributed by atoms with van der Waals surface area (Å²) >= 11 is 5.77. The average molecular weight is 355 g/mol. The van der Waals surface area contributed by atoms with Gasteiger partial charge in [-0.15, -0.1) is 0 Å². The lowest BCUT2D eigenvalue weighted by Gasteiger charge is -2.26. The van der Waals surface area contributed by atoms with Crippen LogP contribution >= 0.6 is 11.6 Å². The van der Waals surface area contributed by atoms with Crippen LogP contribution in [-0.4, -0.2) is 22.3 Å². The van der Waals surface area contributed by atoms with Crippen LogP contribution in [0.4, 0.5) is 4.39 Å². The van der Waals surface area contributed by atoms with Gasteiger partial charge in [-0.25, -0.2) is 4.39 Å². The number of aromatic amines is 1. The largest absolute Gasteiger partial charge is 0.358 e. The fourth-order valence-electron chi connectivity index (χ4n) is 3.24. The van der Waals surface area contributed by atoms with Gasteiger partial charge in [-0.3, -0.25) is 4.79 Å². The third-order valence-corrected chi connectivity index (χ3v) is 4.85. The van der Waals surface area contributed by atoms with Crippen molar-refractivity contribution in [2.24, 2.45) is 0 Å². The van der Waals surface area contributed by atoms with Crippen molar-refractivity contribution < 1.29 is 9.18 Å². The summed E-state index contributed by atoms with van der Waals surface area (Å²) in [5.74, 6) is -0.524. The summed E-state index contributed by atoms with van der Waals surface area (Å²) in [5.41, 5.74) is 4.20. The van der Waals surface area contributed by atoms with Crippen LogP contribution < -0.4 is 0 Å². The van der Waals surface area contributed by atoms with E-state index in [0.29, 0.717) is 18.7 Å². The predicted octanol–water partition coefficient (Wildman–Crippen LogP) is 4.56. The van der Waals surface area contributed by atoms with Crippen LogP contribution in [0.3, 0.4) is 0 Å². The lowest BCUT2D eigenvalue weighted by atomic mass is 10.0. The van der Waals surface area contributed by atoms with Gasteiger partial charge in [0.1, 0.15) is 5.82 Å². The zero-order chi connectivity index (χ0) is 17.4. The second kappa shape index (κ2) is 6.37. The molecule has 1 aromatic heterocycles. The Kier molecular flexibility index (Phi) is 4.06. The number of fused-ring (bicyclic) bond motifs is 3. The maximum absolute atomic E-state index is 13.2. The van der Waals surface area contributed by atoms with E-state index in [1.54, 1.807) is 12.1 Å². The Morgan fingerprint density at radius 1 is 1.24 bits per heavy atom. The molecule has 1 amide bonds. The number of hydrogen-bond donors (Lipinski definition) is 1. The van der Waals surface area contributed by atoms with Crippen LogP contribution in [0.25, 0.3) is 17.0 Å². The van der Waals surface area contributed by atoms with E-state index in [0.717, 1.165) is 11.9 Å². The predicted molar refractivity (Wildman–Crippen MR) is 97.9 cm³/mol. The minimum atomic E-state index is -0.465. The summed E-state index contributed by atoms with van der Waals surface area (Å²) in [4.78, 5) is 17.8. The summed E-state index contributed by atoms with van der Waals surface area (Å²) in [6, 6.07) is 12.5. The summed E-state index contributed by atoms with van der Waals surface area (Å²) in [6.07, 6.45) is 3.99. The highest BCUT2D eigenvalue weighted by Crippen LogP contribution is 2.27. The van der Waals surface area contributed by atoms with Crippen LogP contribution in [0.1, 0.15) is 16.8 Å². The molecule has 4 rings (SSSR count). The first-order valence-corrected chi connectivity index (χ1v) is 8.50. The molecule has 0 fully saturated rings. The van der Waals surface area contributed by atoms with Crippen molar-refractivity contribution in [2.75, 3.05) is 6.54 Å². The third-order valence-electron chi connectivity index (χ3n) is 4.56. The van der Waals surface area contributed by atoms with Crippen LogP contribution in [-0.2, 0) is 17.8 Å². The molecule has 2 heterocycles. The van der Waals surface area contributed by atoms with Crippen LogP contribution in [0, 0.1) is 5.82 Å². The highest BCUT2D eigenvalue weighted by Gasteiger charge is 2.22. The fraction of sp³-hybridized carbons (Fsp3) is 0.150. The number of carbonyl (C=O) groups excluding carboxylic acids is 1. The normalized spacial score (nSPS) is 14.2. The summed E-state index contributed by atoms with van der Waals surface area (Å²) in [7, 11) is 0. The monoisotopic (exact) mass is 354 g/mol. The molecule has 1 aliphatic heterocycles. The maximum atomic E-state index is 13.2. The minimum absolute atomic E-state index is 0.0519. The molecule has 2 aromatic carbocycles. The van der Waals surface area contributed by atoms with Gasteiger partial charge in [0.05, 0.1) is 5.02 Å². The maximum Gasteiger partial charge on any atom is 0.246 e. The van der Waals surface area contributed by atoms with Crippen molar-refractivity contribution in [3.63, 3.8) is 0 Å². The molecule has 126 valence electrons. The van der Waals surface area contributed by atoms with Gasteiger partial charge in [-0.1, -0.05) is 35.9 Å². The molecule has 3 nitrogen and oxygen atoms in total. The van der Waals surface area contributed by atoms with E-state index in [1.165, 1.54) is 34.9 Å². The number of para-hydroxylation sites is 1. The summed E-state index contributed by atoms with van der Waals surface area (Å²) < 4.78 is 13.2. The molecule has 0 spiro atoms. The lowest BCUT2D eigenvalue weighted by molar-refractivity contribution is -0.126. The fourth-order valence-corrected chi connectivity index (χ4v) is 3.43. The lowest BCUT2D eigenvalue weighted by Crippen LogP contribution is -2.34. The summed E-state index contributed by atoms with van der Waals surface area (Å²) in [6.45, 7) is 1.26. The van der Waals surface area contributed by atoms with Crippen LogP contribution in [0.15, 0.2) is 48.5 Å². The Hall–Kier alpha value is -2.59. The van der Waals surface area contributed by atoms with E-state index in [-0.39, 0.29) is 10.9 Å². The number of halogens is 2. The molecule has 25 heavy (non-hydrogen) atoms. The molecule has 0 atom stereocenters. The molecule has 5 heteroatoms. The van der Waals surface area contributed by atoms with Crippen LogP contribution in [0.2, 0.25) is 5.02 Å². The molecule has 1 aliphatic rings. The molecule has 0 unspecified atom stereocenters. The number of H-pyrrole nitrogens is 1. The molecular formula is C20H16ClFN2O. The van der Waals surface area contributed by atoms with Gasteiger partial charge in [0, 0.05) is 47.7 Å². The number of nitrogens with one attached hydrogen (secondary N) is 1. The molecule has 1 N–H and O–H groups in total. The molecule has 0 radical (unpaired) electrons. The first-order chi connectivity index (χ1) is 12.1. The molecule has 0 aliphatic carbocycles. The minimum Gasteiger partial charge on any atom is -0.358 e. The number of rotatable bonds is 2.